The van der Waals surface area contributed by atoms with E-state index in [0.29, 0.717) is 5.75 Å². The molecule has 1 aromatic rings. The van der Waals surface area contributed by atoms with Crippen molar-refractivity contribution in [3.63, 3.8) is 0 Å². The van der Waals surface area contributed by atoms with Gasteiger partial charge in [-0.1, -0.05) is 0 Å². The van der Waals surface area contributed by atoms with Crippen molar-refractivity contribution in [2.24, 2.45) is 5.73 Å². The molecule has 0 bridgehead atoms. The summed E-state index contributed by atoms with van der Waals surface area (Å²) in [6.07, 6.45) is -0.703. The normalized spacial score (nSPS) is 12.2. The standard InChI is InChI=1S/C9H10FNO2/c1-6(9(11)12)13-8-4-2-7(10)3-5-8/h2-6H,1H3,(H2,11,12)/t6-/m1/s1. The Labute approximate surface area is 75.3 Å². The van der Waals surface area contributed by atoms with E-state index in [4.69, 9.17) is 10.5 Å². The van der Waals surface area contributed by atoms with Crippen LogP contribution in [0.5, 0.6) is 5.75 Å². The van der Waals surface area contributed by atoms with E-state index in [1.165, 1.54) is 31.2 Å². The molecule has 1 atom stereocenters. The number of ether oxygens (including phenoxy) is 1. The highest BCUT2D eigenvalue weighted by Crippen LogP contribution is 2.12. The maximum Gasteiger partial charge on any atom is 0.258 e. The largest absolute Gasteiger partial charge is 0.481 e. The molecule has 0 saturated carbocycles. The van der Waals surface area contributed by atoms with Gasteiger partial charge in [-0.05, 0) is 31.2 Å². The molecular weight excluding hydrogens is 173 g/mol. The number of halogens is 1. The molecule has 13 heavy (non-hydrogen) atoms. The lowest BCUT2D eigenvalue weighted by Crippen LogP contribution is -2.30. The van der Waals surface area contributed by atoms with Gasteiger partial charge in [-0.15, -0.1) is 0 Å². The van der Waals surface area contributed by atoms with Gasteiger partial charge >= 0.3 is 0 Å². The number of primary amides is 1. The first-order valence-corrected chi connectivity index (χ1v) is 3.81. The molecule has 70 valence electrons. The summed E-state index contributed by atoms with van der Waals surface area (Å²) in [5.74, 6) is -0.476. The van der Waals surface area contributed by atoms with Crippen molar-refractivity contribution in [3.8, 4) is 5.75 Å². The van der Waals surface area contributed by atoms with Crippen LogP contribution in [0.3, 0.4) is 0 Å². The van der Waals surface area contributed by atoms with Crippen LogP contribution in [0.1, 0.15) is 6.92 Å². The Morgan fingerprint density at radius 1 is 1.46 bits per heavy atom. The first-order valence-electron chi connectivity index (χ1n) is 3.81. The van der Waals surface area contributed by atoms with E-state index in [0.717, 1.165) is 0 Å². The predicted octanol–water partition coefficient (Wildman–Crippen LogP) is 1.08. The molecule has 0 aliphatic rings. The number of carbonyl (C=O) groups is 1. The predicted molar refractivity (Wildman–Crippen MR) is 45.7 cm³/mol. The lowest BCUT2D eigenvalue weighted by atomic mass is 10.3. The van der Waals surface area contributed by atoms with Gasteiger partial charge in [0, 0.05) is 0 Å². The lowest BCUT2D eigenvalue weighted by Gasteiger charge is -2.10. The van der Waals surface area contributed by atoms with E-state index >= 15 is 0 Å². The molecule has 0 unspecified atom stereocenters. The van der Waals surface area contributed by atoms with Crippen LogP contribution in [0, 0.1) is 5.82 Å². The Morgan fingerprint density at radius 3 is 2.46 bits per heavy atom. The van der Waals surface area contributed by atoms with E-state index < -0.39 is 12.0 Å². The Morgan fingerprint density at radius 2 is 2.00 bits per heavy atom. The highest BCUT2D eigenvalue weighted by Gasteiger charge is 2.09. The zero-order valence-corrected chi connectivity index (χ0v) is 7.16. The maximum atomic E-state index is 12.4. The number of hydrogen-bond donors (Lipinski definition) is 1. The number of benzene rings is 1. The Hall–Kier alpha value is -1.58. The lowest BCUT2D eigenvalue weighted by molar-refractivity contribution is -0.123. The van der Waals surface area contributed by atoms with Crippen molar-refractivity contribution in [2.75, 3.05) is 0 Å². The fraction of sp³-hybridized carbons (Fsp3) is 0.222. The molecule has 4 heteroatoms. The van der Waals surface area contributed by atoms with Crippen LogP contribution < -0.4 is 10.5 Å². The van der Waals surface area contributed by atoms with Crippen LogP contribution in [0.25, 0.3) is 0 Å². The molecule has 0 fully saturated rings. The second-order valence-electron chi connectivity index (χ2n) is 2.62. The summed E-state index contributed by atoms with van der Waals surface area (Å²) in [5, 5.41) is 0. The zero-order valence-electron chi connectivity index (χ0n) is 7.16. The van der Waals surface area contributed by atoms with Gasteiger partial charge in [0.25, 0.3) is 5.91 Å². The number of rotatable bonds is 3. The maximum absolute atomic E-state index is 12.4. The smallest absolute Gasteiger partial charge is 0.258 e. The van der Waals surface area contributed by atoms with Crippen molar-refractivity contribution in [2.45, 2.75) is 13.0 Å². The Bertz CT molecular complexity index is 297. The van der Waals surface area contributed by atoms with Gasteiger partial charge < -0.3 is 10.5 Å². The number of carbonyl (C=O) groups excluding carboxylic acids is 1. The molecule has 0 aliphatic carbocycles. The second-order valence-corrected chi connectivity index (χ2v) is 2.62. The average Bonchev–Trinajstić information content (AvgIpc) is 2.08. The van der Waals surface area contributed by atoms with Gasteiger partial charge in [0.1, 0.15) is 11.6 Å². The van der Waals surface area contributed by atoms with E-state index in [1.807, 2.05) is 0 Å². The minimum Gasteiger partial charge on any atom is -0.481 e. The van der Waals surface area contributed by atoms with E-state index in [9.17, 15) is 9.18 Å². The van der Waals surface area contributed by atoms with Crippen LogP contribution in [0.15, 0.2) is 24.3 Å². The fourth-order valence-corrected chi connectivity index (χ4v) is 0.775. The van der Waals surface area contributed by atoms with Crippen LogP contribution in [0.2, 0.25) is 0 Å². The fourth-order valence-electron chi connectivity index (χ4n) is 0.775. The molecule has 0 radical (unpaired) electrons. The van der Waals surface area contributed by atoms with E-state index in [2.05, 4.69) is 0 Å². The second kappa shape index (κ2) is 3.89. The molecule has 0 heterocycles. The number of amides is 1. The van der Waals surface area contributed by atoms with Crippen LogP contribution in [0.4, 0.5) is 4.39 Å². The quantitative estimate of drug-likeness (QED) is 0.762. The van der Waals surface area contributed by atoms with Gasteiger partial charge in [-0.3, -0.25) is 4.79 Å². The van der Waals surface area contributed by atoms with Gasteiger partial charge in [-0.2, -0.15) is 0 Å². The van der Waals surface area contributed by atoms with Gasteiger partial charge in [0.2, 0.25) is 0 Å². The van der Waals surface area contributed by atoms with E-state index in [1.54, 1.807) is 0 Å². The van der Waals surface area contributed by atoms with Gasteiger partial charge in [0.05, 0.1) is 0 Å². The first-order chi connectivity index (χ1) is 6.09. The summed E-state index contributed by atoms with van der Waals surface area (Å²) < 4.78 is 17.5. The monoisotopic (exact) mass is 183 g/mol. The van der Waals surface area contributed by atoms with Gasteiger partial charge in [0.15, 0.2) is 6.10 Å². The third-order valence-corrected chi connectivity index (χ3v) is 1.53. The molecule has 1 aromatic carbocycles. The number of hydrogen-bond acceptors (Lipinski definition) is 2. The third-order valence-electron chi connectivity index (χ3n) is 1.53. The summed E-state index contributed by atoms with van der Waals surface area (Å²) in [5.41, 5.74) is 4.98. The minimum absolute atomic E-state index is 0.348. The summed E-state index contributed by atoms with van der Waals surface area (Å²) in [6, 6.07) is 5.38. The molecule has 0 spiro atoms. The molecule has 3 nitrogen and oxygen atoms in total. The summed E-state index contributed by atoms with van der Waals surface area (Å²) in [6.45, 7) is 1.53. The zero-order chi connectivity index (χ0) is 9.84. The summed E-state index contributed by atoms with van der Waals surface area (Å²) in [7, 11) is 0. The summed E-state index contributed by atoms with van der Waals surface area (Å²) >= 11 is 0. The number of nitrogens with two attached hydrogens (primary N) is 1. The Kier molecular flexibility index (Phi) is 2.84. The van der Waals surface area contributed by atoms with Crippen LogP contribution in [-0.2, 0) is 4.79 Å². The molecule has 1 rings (SSSR count). The Balaban J connectivity index is 2.64. The first kappa shape index (κ1) is 9.51. The molecule has 0 aromatic heterocycles. The van der Waals surface area contributed by atoms with Crippen molar-refractivity contribution >= 4 is 5.91 Å². The highest BCUT2D eigenvalue weighted by atomic mass is 19.1. The molecule has 2 N–H and O–H groups in total. The summed E-state index contributed by atoms with van der Waals surface area (Å²) in [4.78, 5) is 10.6. The average molecular weight is 183 g/mol. The van der Waals surface area contributed by atoms with Crippen molar-refractivity contribution in [1.82, 2.24) is 0 Å². The topological polar surface area (TPSA) is 52.3 Å². The van der Waals surface area contributed by atoms with E-state index in [-0.39, 0.29) is 5.82 Å². The molecule has 0 aliphatic heterocycles. The third kappa shape index (κ3) is 2.74. The minimum atomic E-state index is -0.703. The SMILES string of the molecule is C[C@@H](Oc1ccc(F)cc1)C(N)=O. The highest BCUT2D eigenvalue weighted by molar-refractivity contribution is 5.78. The molecule has 0 saturated heterocycles. The van der Waals surface area contributed by atoms with Crippen molar-refractivity contribution < 1.29 is 13.9 Å². The molecule has 1 amide bonds. The van der Waals surface area contributed by atoms with Crippen molar-refractivity contribution in [1.29, 1.82) is 0 Å². The van der Waals surface area contributed by atoms with Gasteiger partial charge in [-0.25, -0.2) is 4.39 Å². The van der Waals surface area contributed by atoms with Crippen LogP contribution >= 0.6 is 0 Å². The molecular formula is C9H10FNO2. The van der Waals surface area contributed by atoms with Crippen LogP contribution in [-0.4, -0.2) is 12.0 Å². The van der Waals surface area contributed by atoms with Crippen molar-refractivity contribution in [3.05, 3.63) is 30.1 Å².